The van der Waals surface area contributed by atoms with Crippen molar-refractivity contribution in [1.29, 1.82) is 0 Å². The van der Waals surface area contributed by atoms with Crippen molar-refractivity contribution in [3.8, 4) is 5.75 Å². The zero-order valence-electron chi connectivity index (χ0n) is 17.4. The van der Waals surface area contributed by atoms with Gasteiger partial charge in [-0.2, -0.15) is 0 Å². The summed E-state index contributed by atoms with van der Waals surface area (Å²) < 4.78 is 10.7. The van der Waals surface area contributed by atoms with E-state index in [1.54, 1.807) is 21.2 Å². The molecule has 1 aromatic rings. The van der Waals surface area contributed by atoms with Gasteiger partial charge in [-0.1, -0.05) is 12.1 Å². The van der Waals surface area contributed by atoms with Crippen molar-refractivity contribution in [3.05, 3.63) is 29.8 Å². The number of benzene rings is 1. The van der Waals surface area contributed by atoms with Crippen LogP contribution in [0.4, 0.5) is 0 Å². The van der Waals surface area contributed by atoms with Crippen LogP contribution in [0.2, 0.25) is 0 Å². The molecule has 0 aromatic heterocycles. The molecule has 8 nitrogen and oxygen atoms in total. The molecular formula is C20H33IN4O4. The lowest BCUT2D eigenvalue weighted by Gasteiger charge is -2.28. The second kappa shape index (κ2) is 12.9. The number of carbonyl (C=O) groups excluding carboxylic acids is 1. The first kappa shape index (κ1) is 25.4. The quantitative estimate of drug-likeness (QED) is 0.258. The number of nitrogens with zero attached hydrogens (tertiary/aromatic N) is 2. The molecule has 1 atom stereocenters. The predicted octanol–water partition coefficient (Wildman–Crippen LogP) is 1.23. The number of nitrogens with one attached hydrogen (secondary N) is 2. The Morgan fingerprint density at radius 1 is 1.31 bits per heavy atom. The molecule has 1 amide bonds. The maximum absolute atomic E-state index is 11.9. The number of ether oxygens (including phenoxy) is 2. The Morgan fingerprint density at radius 2 is 2.03 bits per heavy atom. The van der Waals surface area contributed by atoms with Crippen molar-refractivity contribution in [2.75, 3.05) is 54.1 Å². The topological polar surface area (TPSA) is 95.4 Å². The number of likely N-dealkylation sites (N-methyl/N-ethyl adjacent to an activating group) is 1. The van der Waals surface area contributed by atoms with Gasteiger partial charge in [-0.25, -0.2) is 4.99 Å². The van der Waals surface area contributed by atoms with Gasteiger partial charge in [-0.05, 0) is 30.5 Å². The summed E-state index contributed by atoms with van der Waals surface area (Å²) in [4.78, 5) is 18.1. The summed E-state index contributed by atoms with van der Waals surface area (Å²) in [5.41, 5.74) is 0.929. The van der Waals surface area contributed by atoms with Gasteiger partial charge in [0.15, 0.2) is 5.96 Å². The minimum absolute atomic E-state index is 0. The van der Waals surface area contributed by atoms with Crippen LogP contribution in [-0.2, 0) is 16.1 Å². The van der Waals surface area contributed by atoms with Crippen LogP contribution >= 0.6 is 24.0 Å². The number of hydrogen-bond donors (Lipinski definition) is 3. The molecule has 3 N–H and O–H groups in total. The number of guanidine groups is 1. The number of carbonyl (C=O) groups is 1. The van der Waals surface area contributed by atoms with Gasteiger partial charge in [0, 0.05) is 39.3 Å². The van der Waals surface area contributed by atoms with Crippen molar-refractivity contribution < 1.29 is 19.4 Å². The first-order chi connectivity index (χ1) is 13.5. The summed E-state index contributed by atoms with van der Waals surface area (Å²) in [6.45, 7) is 2.69. The Bertz CT molecular complexity index is 646. The molecule has 2 rings (SSSR count). The predicted molar refractivity (Wildman–Crippen MR) is 124 cm³/mol. The molecule has 29 heavy (non-hydrogen) atoms. The van der Waals surface area contributed by atoms with Gasteiger partial charge in [0.25, 0.3) is 0 Å². The Kier molecular flexibility index (Phi) is 11.3. The average molecular weight is 520 g/mol. The number of rotatable bonds is 9. The van der Waals surface area contributed by atoms with Crippen LogP contribution in [-0.4, -0.2) is 76.0 Å². The molecular weight excluding hydrogens is 487 g/mol. The number of methoxy groups -OCH3 is 1. The largest absolute Gasteiger partial charge is 0.497 e. The van der Waals surface area contributed by atoms with Crippen molar-refractivity contribution in [2.24, 2.45) is 10.4 Å². The van der Waals surface area contributed by atoms with Crippen LogP contribution in [0.15, 0.2) is 29.3 Å². The number of aliphatic hydroxyl groups is 1. The van der Waals surface area contributed by atoms with Crippen LogP contribution < -0.4 is 15.4 Å². The maximum Gasteiger partial charge on any atom is 0.241 e. The fourth-order valence-corrected chi connectivity index (χ4v) is 2.98. The molecule has 1 saturated heterocycles. The van der Waals surface area contributed by atoms with Crippen LogP contribution in [0.3, 0.4) is 0 Å². The minimum Gasteiger partial charge on any atom is -0.497 e. The second-order valence-corrected chi connectivity index (χ2v) is 7.28. The van der Waals surface area contributed by atoms with Crippen LogP contribution in [0.5, 0.6) is 5.75 Å². The molecule has 0 bridgehead atoms. The molecule has 0 saturated carbocycles. The van der Waals surface area contributed by atoms with E-state index < -0.39 is 0 Å². The molecule has 1 fully saturated rings. The summed E-state index contributed by atoms with van der Waals surface area (Å²) in [7, 11) is 5.07. The summed E-state index contributed by atoms with van der Waals surface area (Å²) >= 11 is 0. The molecule has 0 radical (unpaired) electrons. The molecule has 1 heterocycles. The standard InChI is InChI=1S/C20H32N4O4.HI/c1-24(2)18(26)13-22-19(21-12-16-4-6-17(27-3)7-5-16)23-14-20(8-10-25)9-11-28-15-20;/h4-7,25H,8-15H2,1-3H3,(H2,21,22,23);1H. The van der Waals surface area contributed by atoms with E-state index >= 15 is 0 Å². The third-order valence-corrected chi connectivity index (χ3v) is 4.94. The summed E-state index contributed by atoms with van der Waals surface area (Å²) in [6, 6.07) is 7.71. The van der Waals surface area contributed by atoms with Crippen molar-refractivity contribution in [1.82, 2.24) is 15.5 Å². The van der Waals surface area contributed by atoms with Gasteiger partial charge in [-0.15, -0.1) is 24.0 Å². The first-order valence-electron chi connectivity index (χ1n) is 9.52. The zero-order valence-corrected chi connectivity index (χ0v) is 19.8. The van der Waals surface area contributed by atoms with E-state index in [9.17, 15) is 9.90 Å². The molecule has 1 unspecified atom stereocenters. The lowest BCUT2D eigenvalue weighted by atomic mass is 9.84. The normalized spacial score (nSPS) is 18.7. The van der Waals surface area contributed by atoms with E-state index in [-0.39, 0.29) is 48.5 Å². The molecule has 0 spiro atoms. The highest BCUT2D eigenvalue weighted by molar-refractivity contribution is 14.0. The van der Waals surface area contributed by atoms with E-state index in [1.807, 2.05) is 24.3 Å². The molecule has 1 aromatic carbocycles. The Labute approximate surface area is 190 Å². The number of aliphatic hydroxyl groups excluding tert-OH is 1. The number of amides is 1. The smallest absolute Gasteiger partial charge is 0.241 e. The second-order valence-electron chi connectivity index (χ2n) is 7.28. The highest BCUT2D eigenvalue weighted by Gasteiger charge is 2.34. The minimum atomic E-state index is -0.108. The van der Waals surface area contributed by atoms with Gasteiger partial charge >= 0.3 is 0 Å². The van der Waals surface area contributed by atoms with Crippen LogP contribution in [0, 0.1) is 5.41 Å². The highest BCUT2D eigenvalue weighted by atomic mass is 127. The first-order valence-corrected chi connectivity index (χ1v) is 9.52. The van der Waals surface area contributed by atoms with Crippen molar-refractivity contribution in [3.63, 3.8) is 0 Å². The van der Waals surface area contributed by atoms with Gasteiger partial charge in [0.05, 0.1) is 26.8 Å². The van der Waals surface area contributed by atoms with E-state index in [2.05, 4.69) is 15.6 Å². The third kappa shape index (κ3) is 8.35. The van der Waals surface area contributed by atoms with E-state index in [1.165, 1.54) is 4.90 Å². The fraction of sp³-hybridized carbons (Fsp3) is 0.600. The lowest BCUT2D eigenvalue weighted by molar-refractivity contribution is -0.127. The lowest BCUT2D eigenvalue weighted by Crippen LogP contribution is -2.47. The number of hydrogen-bond acceptors (Lipinski definition) is 5. The molecule has 9 heteroatoms. The summed E-state index contributed by atoms with van der Waals surface area (Å²) in [5, 5.41) is 15.8. The monoisotopic (exact) mass is 520 g/mol. The Morgan fingerprint density at radius 3 is 2.59 bits per heavy atom. The maximum atomic E-state index is 11.9. The zero-order chi connectivity index (χ0) is 20.4. The van der Waals surface area contributed by atoms with Crippen LogP contribution in [0.1, 0.15) is 18.4 Å². The van der Waals surface area contributed by atoms with Gasteiger partial charge in [0.1, 0.15) is 5.75 Å². The summed E-state index contributed by atoms with van der Waals surface area (Å²) in [5.74, 6) is 1.33. The Hall–Kier alpha value is -1.59. The van der Waals surface area contributed by atoms with Gasteiger partial charge < -0.3 is 30.1 Å². The van der Waals surface area contributed by atoms with E-state index in [0.29, 0.717) is 38.7 Å². The van der Waals surface area contributed by atoms with Gasteiger partial charge in [-0.3, -0.25) is 4.79 Å². The molecule has 1 aliphatic heterocycles. The summed E-state index contributed by atoms with van der Waals surface area (Å²) in [6.07, 6.45) is 1.56. The van der Waals surface area contributed by atoms with Gasteiger partial charge in [0.2, 0.25) is 5.91 Å². The third-order valence-electron chi connectivity index (χ3n) is 4.94. The number of aliphatic imine (C=N–C) groups is 1. The van der Waals surface area contributed by atoms with Crippen molar-refractivity contribution >= 4 is 35.8 Å². The highest BCUT2D eigenvalue weighted by Crippen LogP contribution is 2.31. The molecule has 0 aliphatic carbocycles. The van der Waals surface area contributed by atoms with E-state index in [0.717, 1.165) is 17.7 Å². The van der Waals surface area contributed by atoms with E-state index in [4.69, 9.17) is 9.47 Å². The Balaban J connectivity index is 0.00000420. The number of halogens is 1. The SMILES string of the molecule is COc1ccc(CN=C(NCC(=O)N(C)C)NCC2(CCO)CCOC2)cc1.I. The van der Waals surface area contributed by atoms with Crippen LogP contribution in [0.25, 0.3) is 0 Å². The van der Waals surface area contributed by atoms with Crippen molar-refractivity contribution in [2.45, 2.75) is 19.4 Å². The molecule has 164 valence electrons. The fourth-order valence-electron chi connectivity index (χ4n) is 2.98. The molecule has 1 aliphatic rings. The average Bonchev–Trinajstić information content (AvgIpc) is 3.16.